The van der Waals surface area contributed by atoms with Crippen LogP contribution in [0.2, 0.25) is 0 Å². The lowest BCUT2D eigenvalue weighted by atomic mass is 10.1. The van der Waals surface area contributed by atoms with E-state index in [2.05, 4.69) is 42.7 Å². The number of rotatable bonds is 6. The van der Waals surface area contributed by atoms with Crippen LogP contribution in [0, 0.1) is 12.3 Å². The summed E-state index contributed by atoms with van der Waals surface area (Å²) in [7, 11) is 4.11. The highest BCUT2D eigenvalue weighted by atomic mass is 15.2. The van der Waals surface area contributed by atoms with E-state index >= 15 is 0 Å². The Morgan fingerprint density at radius 3 is 2.53 bits per heavy atom. The van der Waals surface area contributed by atoms with Crippen LogP contribution in [0.4, 0.5) is 5.82 Å². The summed E-state index contributed by atoms with van der Waals surface area (Å²) in [6.45, 7) is 7.99. The first-order chi connectivity index (χ1) is 8.86. The van der Waals surface area contributed by atoms with Crippen LogP contribution in [0.25, 0.3) is 0 Å². The molecule has 1 rings (SSSR count). The zero-order valence-corrected chi connectivity index (χ0v) is 12.6. The molecule has 5 heteroatoms. The molecule has 0 saturated heterocycles. The quantitative estimate of drug-likeness (QED) is 0.602. The lowest BCUT2D eigenvalue weighted by molar-refractivity contribution is 0.372. The van der Waals surface area contributed by atoms with Gasteiger partial charge in [0.25, 0.3) is 0 Å². The molecule has 0 aliphatic rings. The third-order valence-corrected chi connectivity index (χ3v) is 3.08. The third kappa shape index (κ3) is 3.92. The van der Waals surface area contributed by atoms with Crippen molar-refractivity contribution in [3.8, 4) is 0 Å². The number of nitrogens with zero attached hydrogens (tertiary/aromatic N) is 3. The topological polar surface area (TPSA) is 69.2 Å². The molecule has 0 fully saturated rings. The first-order valence-electron chi connectivity index (χ1n) is 6.60. The van der Waals surface area contributed by atoms with Gasteiger partial charge in [-0.25, -0.2) is 4.98 Å². The number of pyridine rings is 1. The van der Waals surface area contributed by atoms with Crippen LogP contribution in [-0.2, 0) is 0 Å². The normalized spacial score (nSPS) is 12.5. The van der Waals surface area contributed by atoms with E-state index in [0.717, 1.165) is 24.6 Å². The maximum Gasteiger partial charge on any atom is 0.140 e. The fraction of sp³-hybridized carbons (Fsp3) is 0.571. The summed E-state index contributed by atoms with van der Waals surface area (Å²) in [5.74, 6) is 0.877. The molecule has 106 valence electrons. The highest BCUT2D eigenvalue weighted by molar-refractivity contribution is 5.99. The Labute approximate surface area is 115 Å². The van der Waals surface area contributed by atoms with E-state index in [9.17, 15) is 0 Å². The Morgan fingerprint density at radius 1 is 1.42 bits per heavy atom. The monoisotopic (exact) mass is 263 g/mol. The van der Waals surface area contributed by atoms with Crippen LogP contribution in [0.5, 0.6) is 0 Å². The van der Waals surface area contributed by atoms with E-state index in [4.69, 9.17) is 11.1 Å². The lowest BCUT2D eigenvalue weighted by Gasteiger charge is -2.32. The fourth-order valence-electron chi connectivity index (χ4n) is 2.27. The Kier molecular flexibility index (Phi) is 5.30. The van der Waals surface area contributed by atoms with Crippen molar-refractivity contribution in [2.45, 2.75) is 26.8 Å². The fourth-order valence-corrected chi connectivity index (χ4v) is 2.27. The smallest absolute Gasteiger partial charge is 0.140 e. The molecule has 0 bridgehead atoms. The number of aromatic nitrogens is 1. The van der Waals surface area contributed by atoms with Crippen LogP contribution in [-0.4, -0.2) is 48.9 Å². The zero-order chi connectivity index (χ0) is 14.6. The molecule has 1 atom stereocenters. The van der Waals surface area contributed by atoms with Crippen molar-refractivity contribution in [2.24, 2.45) is 5.73 Å². The number of anilines is 1. The van der Waals surface area contributed by atoms with Crippen molar-refractivity contribution in [3.05, 3.63) is 23.4 Å². The maximum absolute atomic E-state index is 7.70. The third-order valence-electron chi connectivity index (χ3n) is 3.08. The Hall–Kier alpha value is -1.62. The molecule has 1 heterocycles. The highest BCUT2D eigenvalue weighted by Crippen LogP contribution is 2.20. The van der Waals surface area contributed by atoms with Crippen molar-refractivity contribution in [2.75, 3.05) is 32.1 Å². The van der Waals surface area contributed by atoms with Crippen LogP contribution in [0.1, 0.15) is 25.1 Å². The summed E-state index contributed by atoms with van der Waals surface area (Å²) in [5, 5.41) is 7.70. The van der Waals surface area contributed by atoms with Crippen molar-refractivity contribution in [1.29, 1.82) is 5.41 Å². The van der Waals surface area contributed by atoms with Crippen molar-refractivity contribution < 1.29 is 0 Å². The Morgan fingerprint density at radius 2 is 2.05 bits per heavy atom. The van der Waals surface area contributed by atoms with Gasteiger partial charge in [0.05, 0.1) is 5.56 Å². The van der Waals surface area contributed by atoms with Crippen LogP contribution < -0.4 is 10.6 Å². The minimum Gasteiger partial charge on any atom is -0.384 e. The Balaban J connectivity index is 3.16. The number of aryl methyl sites for hydroxylation is 1. The van der Waals surface area contributed by atoms with E-state index in [-0.39, 0.29) is 5.84 Å². The summed E-state index contributed by atoms with van der Waals surface area (Å²) < 4.78 is 0. The van der Waals surface area contributed by atoms with Crippen molar-refractivity contribution in [3.63, 3.8) is 0 Å². The molecule has 0 spiro atoms. The summed E-state index contributed by atoms with van der Waals surface area (Å²) in [6.07, 6.45) is 0. The molecule has 0 saturated carbocycles. The predicted molar refractivity (Wildman–Crippen MR) is 81.0 cm³/mol. The minimum absolute atomic E-state index is 0.0676. The standard InChI is InChI=1S/C14H25N5/c1-6-19(11(3)9-18(4)5)14-12(13(15)16)8-7-10(2)17-14/h7-8,11H,6,9H2,1-5H3,(H3,15,16). The van der Waals surface area contributed by atoms with Gasteiger partial charge in [0.1, 0.15) is 11.7 Å². The lowest BCUT2D eigenvalue weighted by Crippen LogP contribution is -2.41. The predicted octanol–water partition coefficient (Wildman–Crippen LogP) is 1.45. The molecule has 0 aliphatic heterocycles. The largest absolute Gasteiger partial charge is 0.384 e. The number of hydrogen-bond donors (Lipinski definition) is 2. The molecule has 0 aromatic carbocycles. The summed E-state index contributed by atoms with van der Waals surface area (Å²) in [5.41, 5.74) is 7.31. The summed E-state index contributed by atoms with van der Waals surface area (Å²) in [6, 6.07) is 4.09. The van der Waals surface area contributed by atoms with Crippen molar-refractivity contribution in [1.82, 2.24) is 9.88 Å². The first-order valence-corrected chi connectivity index (χ1v) is 6.60. The molecule has 0 radical (unpaired) electrons. The molecule has 1 aromatic rings. The van der Waals surface area contributed by atoms with Gasteiger partial charge < -0.3 is 15.5 Å². The SMILES string of the molecule is CCN(c1nc(C)ccc1C(=N)N)C(C)CN(C)C. The van der Waals surface area contributed by atoms with E-state index < -0.39 is 0 Å². The van der Waals surface area contributed by atoms with Gasteiger partial charge in [-0.15, -0.1) is 0 Å². The number of nitrogen functional groups attached to an aromatic ring is 1. The first kappa shape index (κ1) is 15.4. The molecular weight excluding hydrogens is 238 g/mol. The molecular formula is C14H25N5. The van der Waals surface area contributed by atoms with Gasteiger partial charge in [0.15, 0.2) is 0 Å². The number of amidine groups is 1. The van der Waals surface area contributed by atoms with Gasteiger partial charge in [0.2, 0.25) is 0 Å². The molecule has 3 N–H and O–H groups in total. The molecule has 0 aliphatic carbocycles. The van der Waals surface area contributed by atoms with Crippen molar-refractivity contribution >= 4 is 11.7 Å². The van der Waals surface area contributed by atoms with Gasteiger partial charge in [-0.3, -0.25) is 5.41 Å². The van der Waals surface area contributed by atoms with Gasteiger partial charge in [-0.2, -0.15) is 0 Å². The summed E-state index contributed by atoms with van der Waals surface area (Å²) in [4.78, 5) is 8.93. The van der Waals surface area contributed by atoms with E-state index in [1.54, 1.807) is 0 Å². The van der Waals surface area contributed by atoms with Crippen LogP contribution >= 0.6 is 0 Å². The zero-order valence-electron chi connectivity index (χ0n) is 12.6. The minimum atomic E-state index is 0.0676. The number of hydrogen-bond acceptors (Lipinski definition) is 4. The van der Waals surface area contributed by atoms with Gasteiger partial charge >= 0.3 is 0 Å². The number of nitrogens with two attached hydrogens (primary N) is 1. The van der Waals surface area contributed by atoms with Gasteiger partial charge in [0, 0.05) is 24.8 Å². The second-order valence-electron chi connectivity index (χ2n) is 5.13. The highest BCUT2D eigenvalue weighted by Gasteiger charge is 2.19. The number of likely N-dealkylation sites (N-methyl/N-ethyl adjacent to an activating group) is 2. The maximum atomic E-state index is 7.70. The molecule has 19 heavy (non-hydrogen) atoms. The average molecular weight is 263 g/mol. The Bertz CT molecular complexity index is 441. The second-order valence-corrected chi connectivity index (χ2v) is 5.13. The molecule has 0 amide bonds. The van der Waals surface area contributed by atoms with Gasteiger partial charge in [-0.05, 0) is 47.0 Å². The average Bonchev–Trinajstić information content (AvgIpc) is 2.28. The molecule has 1 unspecified atom stereocenters. The van der Waals surface area contributed by atoms with E-state index in [1.165, 1.54) is 0 Å². The van der Waals surface area contributed by atoms with Crippen LogP contribution in [0.15, 0.2) is 12.1 Å². The van der Waals surface area contributed by atoms with E-state index in [0.29, 0.717) is 11.6 Å². The van der Waals surface area contributed by atoms with E-state index in [1.807, 2.05) is 19.1 Å². The van der Waals surface area contributed by atoms with Gasteiger partial charge in [-0.1, -0.05) is 0 Å². The molecule has 1 aromatic heterocycles. The summed E-state index contributed by atoms with van der Waals surface area (Å²) >= 11 is 0. The molecule has 5 nitrogen and oxygen atoms in total. The number of nitrogens with one attached hydrogen (secondary N) is 1. The van der Waals surface area contributed by atoms with Crippen LogP contribution in [0.3, 0.4) is 0 Å². The second kappa shape index (κ2) is 6.52.